The molecule has 0 aliphatic carbocycles. The highest BCUT2D eigenvalue weighted by atomic mass is 16.5. The van der Waals surface area contributed by atoms with E-state index in [0.717, 1.165) is 30.5 Å². The molecule has 22 heavy (non-hydrogen) atoms. The highest BCUT2D eigenvalue weighted by Crippen LogP contribution is 2.24. The lowest BCUT2D eigenvalue weighted by atomic mass is 10.0. The molecule has 7 heteroatoms. The lowest BCUT2D eigenvalue weighted by molar-refractivity contribution is 0.0722. The topological polar surface area (TPSA) is 86.2 Å². The molecule has 114 valence electrons. The van der Waals surface area contributed by atoms with Crippen molar-refractivity contribution in [2.24, 2.45) is 0 Å². The molecule has 1 N–H and O–H groups in total. The smallest absolute Gasteiger partial charge is 0.296 e. The third-order valence-electron chi connectivity index (χ3n) is 3.68. The SMILES string of the molecule is c1ccc2oc(NCc3nnc(C4CCCOC4)o3)nc2c1. The molecular weight excluding hydrogens is 284 g/mol. The number of hydrogen-bond donors (Lipinski definition) is 1. The zero-order chi connectivity index (χ0) is 14.8. The average molecular weight is 300 g/mol. The Morgan fingerprint density at radius 3 is 3.00 bits per heavy atom. The summed E-state index contributed by atoms with van der Waals surface area (Å²) in [6, 6.07) is 8.06. The highest BCUT2D eigenvalue weighted by molar-refractivity contribution is 5.74. The summed E-state index contributed by atoms with van der Waals surface area (Å²) in [6.45, 7) is 1.85. The van der Waals surface area contributed by atoms with E-state index in [0.29, 0.717) is 30.9 Å². The van der Waals surface area contributed by atoms with E-state index < -0.39 is 0 Å². The Hall–Kier alpha value is -2.41. The van der Waals surface area contributed by atoms with Gasteiger partial charge in [-0.05, 0) is 25.0 Å². The Balaban J connectivity index is 1.42. The first-order valence-corrected chi connectivity index (χ1v) is 7.38. The van der Waals surface area contributed by atoms with E-state index in [1.54, 1.807) is 0 Å². The molecule has 1 aromatic carbocycles. The first-order valence-electron chi connectivity index (χ1n) is 7.38. The molecule has 1 fully saturated rings. The van der Waals surface area contributed by atoms with Crippen LogP contribution in [0.3, 0.4) is 0 Å². The Kier molecular flexibility index (Phi) is 3.48. The number of benzene rings is 1. The van der Waals surface area contributed by atoms with Gasteiger partial charge in [-0.25, -0.2) is 0 Å². The van der Waals surface area contributed by atoms with Crippen molar-refractivity contribution >= 4 is 17.1 Å². The standard InChI is InChI=1S/C15H16N4O3/c1-2-6-12-11(5-1)17-15(21-12)16-8-13-18-19-14(22-13)10-4-3-7-20-9-10/h1-2,5-6,10H,3-4,7-9H2,(H,16,17). The summed E-state index contributed by atoms with van der Waals surface area (Å²) in [7, 11) is 0. The van der Waals surface area contributed by atoms with Crippen molar-refractivity contribution in [2.75, 3.05) is 18.5 Å². The van der Waals surface area contributed by atoms with Gasteiger partial charge in [0.25, 0.3) is 6.01 Å². The van der Waals surface area contributed by atoms with Gasteiger partial charge in [0.1, 0.15) is 5.52 Å². The van der Waals surface area contributed by atoms with Crippen LogP contribution >= 0.6 is 0 Å². The monoisotopic (exact) mass is 300 g/mol. The normalized spacial score (nSPS) is 18.6. The predicted octanol–water partition coefficient (Wildman–Crippen LogP) is 2.72. The van der Waals surface area contributed by atoms with Crippen molar-refractivity contribution in [2.45, 2.75) is 25.3 Å². The highest BCUT2D eigenvalue weighted by Gasteiger charge is 2.21. The number of para-hydroxylation sites is 2. The Morgan fingerprint density at radius 2 is 2.14 bits per heavy atom. The summed E-state index contributed by atoms with van der Waals surface area (Å²) in [6.07, 6.45) is 2.06. The molecule has 1 aliphatic rings. The molecule has 3 aromatic rings. The lowest BCUT2D eigenvalue weighted by Crippen LogP contribution is -2.15. The van der Waals surface area contributed by atoms with Crippen molar-refractivity contribution in [3.8, 4) is 0 Å². The van der Waals surface area contributed by atoms with E-state index in [1.807, 2.05) is 24.3 Å². The first-order chi connectivity index (χ1) is 10.9. The van der Waals surface area contributed by atoms with Crippen molar-refractivity contribution in [3.05, 3.63) is 36.0 Å². The minimum atomic E-state index is 0.208. The third kappa shape index (κ3) is 2.67. The fraction of sp³-hybridized carbons (Fsp3) is 0.400. The van der Waals surface area contributed by atoms with E-state index in [1.165, 1.54) is 0 Å². The molecule has 1 unspecified atom stereocenters. The molecule has 1 saturated heterocycles. The van der Waals surface area contributed by atoms with Crippen LogP contribution in [0.15, 0.2) is 33.1 Å². The van der Waals surface area contributed by atoms with Crippen LogP contribution in [0.2, 0.25) is 0 Å². The number of oxazole rings is 1. The summed E-state index contributed by atoms with van der Waals surface area (Å²) in [5.74, 6) is 1.37. The summed E-state index contributed by atoms with van der Waals surface area (Å²) in [5, 5.41) is 11.2. The molecule has 0 spiro atoms. The van der Waals surface area contributed by atoms with Crippen LogP contribution < -0.4 is 5.32 Å². The molecular formula is C15H16N4O3. The number of aromatic nitrogens is 3. The molecule has 2 aromatic heterocycles. The molecule has 0 bridgehead atoms. The number of anilines is 1. The fourth-order valence-corrected chi connectivity index (χ4v) is 2.54. The predicted molar refractivity (Wildman–Crippen MR) is 78.4 cm³/mol. The zero-order valence-corrected chi connectivity index (χ0v) is 12.0. The maximum absolute atomic E-state index is 5.68. The van der Waals surface area contributed by atoms with E-state index in [2.05, 4.69) is 20.5 Å². The van der Waals surface area contributed by atoms with Gasteiger partial charge in [-0.3, -0.25) is 0 Å². The number of rotatable bonds is 4. The molecule has 1 atom stereocenters. The Bertz CT molecular complexity index is 728. The Morgan fingerprint density at radius 1 is 1.18 bits per heavy atom. The van der Waals surface area contributed by atoms with Gasteiger partial charge in [-0.1, -0.05) is 12.1 Å². The minimum Gasteiger partial charge on any atom is -0.424 e. The maximum Gasteiger partial charge on any atom is 0.296 e. The summed E-state index contributed by atoms with van der Waals surface area (Å²) < 4.78 is 16.7. The maximum atomic E-state index is 5.68. The van der Waals surface area contributed by atoms with E-state index >= 15 is 0 Å². The molecule has 3 heterocycles. The summed E-state index contributed by atoms with van der Waals surface area (Å²) >= 11 is 0. The molecule has 0 radical (unpaired) electrons. The van der Waals surface area contributed by atoms with Crippen LogP contribution in [-0.4, -0.2) is 28.4 Å². The quantitative estimate of drug-likeness (QED) is 0.792. The summed E-state index contributed by atoms with van der Waals surface area (Å²) in [4.78, 5) is 4.34. The van der Waals surface area contributed by atoms with Gasteiger partial charge in [0.15, 0.2) is 5.58 Å². The van der Waals surface area contributed by atoms with Gasteiger partial charge in [-0.2, -0.15) is 4.98 Å². The van der Waals surface area contributed by atoms with Crippen LogP contribution in [0.4, 0.5) is 6.01 Å². The molecule has 4 rings (SSSR count). The van der Waals surface area contributed by atoms with Crippen LogP contribution in [0.5, 0.6) is 0 Å². The molecule has 7 nitrogen and oxygen atoms in total. The van der Waals surface area contributed by atoms with Gasteiger partial charge in [-0.15, -0.1) is 10.2 Å². The molecule has 0 amide bonds. The average Bonchev–Trinajstić information content (AvgIpc) is 3.20. The van der Waals surface area contributed by atoms with E-state index in [4.69, 9.17) is 13.6 Å². The van der Waals surface area contributed by atoms with Gasteiger partial charge >= 0.3 is 0 Å². The van der Waals surface area contributed by atoms with Crippen molar-refractivity contribution < 1.29 is 13.6 Å². The van der Waals surface area contributed by atoms with Crippen LogP contribution in [0, 0.1) is 0 Å². The summed E-state index contributed by atoms with van der Waals surface area (Å²) in [5.41, 5.74) is 1.56. The van der Waals surface area contributed by atoms with E-state index in [9.17, 15) is 0 Å². The molecule has 0 saturated carbocycles. The second-order valence-electron chi connectivity index (χ2n) is 5.29. The van der Waals surface area contributed by atoms with Crippen LogP contribution in [0.1, 0.15) is 30.5 Å². The minimum absolute atomic E-state index is 0.208. The number of hydrogen-bond acceptors (Lipinski definition) is 7. The Labute approximate surface area is 126 Å². The van der Waals surface area contributed by atoms with Crippen molar-refractivity contribution in [3.63, 3.8) is 0 Å². The number of nitrogens with one attached hydrogen (secondary N) is 1. The van der Waals surface area contributed by atoms with Gasteiger partial charge < -0.3 is 18.9 Å². The van der Waals surface area contributed by atoms with Crippen molar-refractivity contribution in [1.29, 1.82) is 0 Å². The number of nitrogens with zero attached hydrogens (tertiary/aromatic N) is 3. The van der Waals surface area contributed by atoms with E-state index in [-0.39, 0.29) is 5.92 Å². The number of ether oxygens (including phenoxy) is 1. The zero-order valence-electron chi connectivity index (χ0n) is 12.0. The largest absolute Gasteiger partial charge is 0.424 e. The first kappa shape index (κ1) is 13.3. The van der Waals surface area contributed by atoms with Gasteiger partial charge in [0, 0.05) is 6.61 Å². The lowest BCUT2D eigenvalue weighted by Gasteiger charge is -2.18. The van der Waals surface area contributed by atoms with Crippen LogP contribution in [0.25, 0.3) is 11.1 Å². The molecule has 1 aliphatic heterocycles. The van der Waals surface area contributed by atoms with Gasteiger partial charge in [0.05, 0.1) is 19.1 Å². The third-order valence-corrected chi connectivity index (χ3v) is 3.68. The number of fused-ring (bicyclic) bond motifs is 1. The second-order valence-corrected chi connectivity index (χ2v) is 5.29. The van der Waals surface area contributed by atoms with Gasteiger partial charge in [0.2, 0.25) is 11.8 Å². The van der Waals surface area contributed by atoms with Crippen LogP contribution in [-0.2, 0) is 11.3 Å². The second kappa shape index (κ2) is 5.76. The fourth-order valence-electron chi connectivity index (χ4n) is 2.54. The van der Waals surface area contributed by atoms with Crippen molar-refractivity contribution in [1.82, 2.24) is 15.2 Å².